The van der Waals surface area contributed by atoms with Gasteiger partial charge in [-0.1, -0.05) is 64.5 Å². The Morgan fingerprint density at radius 2 is 1.72 bits per heavy atom. The van der Waals surface area contributed by atoms with E-state index >= 15 is 0 Å². The fraction of sp³-hybridized carbons (Fsp3) is 0.929. The van der Waals surface area contributed by atoms with Crippen molar-refractivity contribution < 1.29 is 5.11 Å². The molecule has 0 aromatic rings. The van der Waals surface area contributed by atoms with Gasteiger partial charge in [-0.3, -0.25) is 0 Å². The van der Waals surface area contributed by atoms with E-state index in [0.29, 0.717) is 16.7 Å². The third kappa shape index (κ3) is 3.77. The molecule has 0 saturated heterocycles. The van der Waals surface area contributed by atoms with E-state index < -0.39 is 0 Å². The van der Waals surface area contributed by atoms with Gasteiger partial charge in [0.2, 0.25) is 0 Å². The summed E-state index contributed by atoms with van der Waals surface area (Å²) in [7, 11) is 0. The van der Waals surface area contributed by atoms with Gasteiger partial charge in [0.25, 0.3) is 0 Å². The van der Waals surface area contributed by atoms with Crippen LogP contribution in [0.1, 0.15) is 118 Å². The number of hydrogen-bond acceptors (Lipinski definition) is 1. The molecule has 0 aromatic carbocycles. The van der Waals surface area contributed by atoms with Crippen molar-refractivity contribution >= 4 is 0 Å². The molecular formula is C28H48O. The first-order valence-electron chi connectivity index (χ1n) is 13.2. The van der Waals surface area contributed by atoms with E-state index in [-0.39, 0.29) is 6.10 Å². The third-order valence-electron chi connectivity index (χ3n) is 10.8. The monoisotopic (exact) mass is 400 g/mol. The maximum absolute atomic E-state index is 9.80. The van der Waals surface area contributed by atoms with Gasteiger partial charge in [-0.25, -0.2) is 0 Å². The zero-order valence-corrected chi connectivity index (χ0v) is 20.1. The number of aliphatic hydroxyl groups excluding tert-OH is 1. The van der Waals surface area contributed by atoms with Crippen LogP contribution < -0.4 is 0 Å². The normalized spacial score (nSPS) is 42.6. The van der Waals surface area contributed by atoms with Crippen LogP contribution in [0.15, 0.2) is 11.1 Å². The van der Waals surface area contributed by atoms with Gasteiger partial charge in [-0.15, -0.1) is 0 Å². The largest absolute Gasteiger partial charge is 0.393 e. The van der Waals surface area contributed by atoms with Crippen molar-refractivity contribution in [2.24, 2.45) is 40.4 Å². The summed E-state index contributed by atoms with van der Waals surface area (Å²) >= 11 is 0. The summed E-state index contributed by atoms with van der Waals surface area (Å²) < 4.78 is 0. The van der Waals surface area contributed by atoms with Crippen LogP contribution in [0, 0.1) is 40.4 Å². The molecule has 3 unspecified atom stereocenters. The number of aliphatic hydroxyl groups is 1. The van der Waals surface area contributed by atoms with Crippen LogP contribution in [0.5, 0.6) is 0 Å². The average molecular weight is 401 g/mol. The molecule has 1 heteroatoms. The number of allylic oxidation sites excluding steroid dienone is 2. The van der Waals surface area contributed by atoms with Crippen LogP contribution in [0.2, 0.25) is 0 Å². The van der Waals surface area contributed by atoms with E-state index in [1.165, 1.54) is 83.5 Å². The van der Waals surface area contributed by atoms with E-state index in [2.05, 4.69) is 27.7 Å². The number of rotatable bonds is 6. The lowest BCUT2D eigenvalue weighted by Gasteiger charge is -2.56. The highest BCUT2D eigenvalue weighted by Gasteiger charge is 2.54. The van der Waals surface area contributed by atoms with Crippen molar-refractivity contribution in [2.45, 2.75) is 124 Å². The van der Waals surface area contributed by atoms with Gasteiger partial charge in [0.15, 0.2) is 0 Å². The Kier molecular flexibility index (Phi) is 6.29. The standard InChI is InChI=1S/C28H48O/c1-19(21(3)29)9-8-10-20(2)24-14-15-25-23-13-12-22-11-6-7-17-27(22,4)26(23)16-18-28(24,25)5/h19-22,24,26,29H,6-18H2,1-5H3/t19?,20-,21?,22?,24-,26+,27+,28-/m1/s1. The molecule has 29 heavy (non-hydrogen) atoms. The summed E-state index contributed by atoms with van der Waals surface area (Å²) in [6.45, 7) is 12.0. The second-order valence-corrected chi connectivity index (χ2v) is 12.3. The zero-order valence-electron chi connectivity index (χ0n) is 20.1. The van der Waals surface area contributed by atoms with Crippen molar-refractivity contribution in [1.29, 1.82) is 0 Å². The molecule has 3 fully saturated rings. The lowest BCUT2D eigenvalue weighted by atomic mass is 9.49. The molecule has 0 radical (unpaired) electrons. The molecule has 4 rings (SSSR count). The van der Waals surface area contributed by atoms with Crippen LogP contribution in [0.25, 0.3) is 0 Å². The van der Waals surface area contributed by atoms with Gasteiger partial charge < -0.3 is 5.11 Å². The molecule has 0 bridgehead atoms. The summed E-state index contributed by atoms with van der Waals surface area (Å²) in [6.07, 6.45) is 18.3. The highest BCUT2D eigenvalue weighted by Crippen LogP contribution is 2.65. The van der Waals surface area contributed by atoms with Crippen molar-refractivity contribution in [1.82, 2.24) is 0 Å². The number of fused-ring (bicyclic) bond motifs is 4. The van der Waals surface area contributed by atoms with Gasteiger partial charge in [0.05, 0.1) is 6.10 Å². The minimum Gasteiger partial charge on any atom is -0.393 e. The van der Waals surface area contributed by atoms with E-state index in [1.54, 1.807) is 0 Å². The van der Waals surface area contributed by atoms with Gasteiger partial charge in [-0.05, 0) is 105 Å². The molecule has 4 aliphatic rings. The van der Waals surface area contributed by atoms with Crippen molar-refractivity contribution in [3.8, 4) is 0 Å². The highest BCUT2D eigenvalue weighted by molar-refractivity contribution is 5.34. The Morgan fingerprint density at radius 3 is 2.48 bits per heavy atom. The van der Waals surface area contributed by atoms with Gasteiger partial charge in [0.1, 0.15) is 0 Å². The maximum atomic E-state index is 9.80. The quantitative estimate of drug-likeness (QED) is 0.449. The smallest absolute Gasteiger partial charge is 0.0537 e. The molecular weight excluding hydrogens is 352 g/mol. The second-order valence-electron chi connectivity index (χ2n) is 12.3. The zero-order chi connectivity index (χ0) is 20.8. The fourth-order valence-corrected chi connectivity index (χ4v) is 8.68. The van der Waals surface area contributed by atoms with E-state index in [1.807, 2.05) is 18.1 Å². The molecule has 0 aliphatic heterocycles. The first kappa shape index (κ1) is 21.9. The summed E-state index contributed by atoms with van der Waals surface area (Å²) in [5.74, 6) is 4.11. The van der Waals surface area contributed by atoms with Crippen LogP contribution in [-0.4, -0.2) is 11.2 Å². The lowest BCUT2D eigenvalue weighted by Crippen LogP contribution is -2.46. The van der Waals surface area contributed by atoms with Crippen LogP contribution in [0.4, 0.5) is 0 Å². The summed E-state index contributed by atoms with van der Waals surface area (Å²) in [6, 6.07) is 0. The van der Waals surface area contributed by atoms with E-state index in [0.717, 1.165) is 23.7 Å². The lowest BCUT2D eigenvalue weighted by molar-refractivity contribution is 0.00927. The molecule has 0 heterocycles. The Hall–Kier alpha value is -0.300. The van der Waals surface area contributed by atoms with Gasteiger partial charge in [-0.2, -0.15) is 0 Å². The van der Waals surface area contributed by atoms with Crippen molar-refractivity contribution in [3.05, 3.63) is 11.1 Å². The Morgan fingerprint density at radius 1 is 0.931 bits per heavy atom. The fourth-order valence-electron chi connectivity index (χ4n) is 8.68. The molecule has 0 spiro atoms. The Bertz CT molecular complexity index is 618. The maximum Gasteiger partial charge on any atom is 0.0537 e. The summed E-state index contributed by atoms with van der Waals surface area (Å²) in [4.78, 5) is 0. The minimum atomic E-state index is -0.155. The van der Waals surface area contributed by atoms with E-state index in [4.69, 9.17) is 0 Å². The van der Waals surface area contributed by atoms with Crippen LogP contribution in [-0.2, 0) is 0 Å². The molecule has 1 N–H and O–H groups in total. The molecule has 166 valence electrons. The van der Waals surface area contributed by atoms with Crippen LogP contribution >= 0.6 is 0 Å². The minimum absolute atomic E-state index is 0.155. The van der Waals surface area contributed by atoms with E-state index in [9.17, 15) is 5.11 Å². The topological polar surface area (TPSA) is 20.2 Å². The SMILES string of the molecule is CC(O)C(C)CCC[C@@H](C)[C@H]1CCC2=C3CCC4CCCC[C@]4(C)[C@H]3CC[C@@]21C. The van der Waals surface area contributed by atoms with Crippen molar-refractivity contribution in [2.75, 3.05) is 0 Å². The average Bonchev–Trinajstić information content (AvgIpc) is 3.04. The molecule has 3 saturated carbocycles. The third-order valence-corrected chi connectivity index (χ3v) is 10.8. The predicted molar refractivity (Wildman–Crippen MR) is 124 cm³/mol. The first-order chi connectivity index (χ1) is 13.8. The predicted octanol–water partition coefficient (Wildman–Crippen LogP) is 7.92. The first-order valence-corrected chi connectivity index (χ1v) is 13.2. The number of hydrogen-bond donors (Lipinski definition) is 1. The summed E-state index contributed by atoms with van der Waals surface area (Å²) in [5.41, 5.74) is 5.05. The molecule has 4 aliphatic carbocycles. The highest BCUT2D eigenvalue weighted by atomic mass is 16.3. The Balaban J connectivity index is 1.48. The second kappa shape index (κ2) is 8.33. The van der Waals surface area contributed by atoms with Gasteiger partial charge >= 0.3 is 0 Å². The van der Waals surface area contributed by atoms with Crippen molar-refractivity contribution in [3.63, 3.8) is 0 Å². The van der Waals surface area contributed by atoms with Crippen LogP contribution in [0.3, 0.4) is 0 Å². The summed E-state index contributed by atoms with van der Waals surface area (Å²) in [5, 5.41) is 9.80. The molecule has 1 nitrogen and oxygen atoms in total. The Labute approximate surface area is 181 Å². The van der Waals surface area contributed by atoms with Gasteiger partial charge in [0, 0.05) is 0 Å². The molecule has 0 aromatic heterocycles. The molecule has 8 atom stereocenters. The molecule has 0 amide bonds.